The molecule has 0 saturated heterocycles. The molecular weight excluding hydrogens is 581 g/mol. The van der Waals surface area contributed by atoms with Crippen molar-refractivity contribution >= 4 is 50.7 Å². The Balaban J connectivity index is 2.09. The predicted molar refractivity (Wildman–Crippen MR) is 166 cm³/mol. The summed E-state index contributed by atoms with van der Waals surface area (Å²) in [5.74, 6) is -0.825. The molecule has 0 aliphatic heterocycles. The molecule has 0 fully saturated rings. The van der Waals surface area contributed by atoms with E-state index in [9.17, 15) is 18.0 Å². The zero-order valence-electron chi connectivity index (χ0n) is 23.9. The molecule has 10 heteroatoms. The maximum absolute atomic E-state index is 14.2. The van der Waals surface area contributed by atoms with Crippen LogP contribution in [-0.4, -0.2) is 44.3 Å². The number of hydrogen-bond donors (Lipinski definition) is 1. The maximum Gasteiger partial charge on any atom is 0.264 e. The van der Waals surface area contributed by atoms with Gasteiger partial charge in [-0.1, -0.05) is 91.5 Å². The molecule has 41 heavy (non-hydrogen) atoms. The summed E-state index contributed by atoms with van der Waals surface area (Å²) < 4.78 is 29.0. The van der Waals surface area contributed by atoms with E-state index in [0.29, 0.717) is 13.0 Å². The fourth-order valence-electron chi connectivity index (χ4n) is 4.43. The summed E-state index contributed by atoms with van der Waals surface area (Å²) in [6.45, 7) is 7.68. The maximum atomic E-state index is 14.2. The highest BCUT2D eigenvalue weighted by Gasteiger charge is 2.34. The fourth-order valence-corrected chi connectivity index (χ4v) is 6.31. The Kier molecular flexibility index (Phi) is 11.6. The molecule has 1 unspecified atom stereocenters. The van der Waals surface area contributed by atoms with Gasteiger partial charge in [-0.25, -0.2) is 8.42 Å². The lowest BCUT2D eigenvalue weighted by Gasteiger charge is -2.33. The summed E-state index contributed by atoms with van der Waals surface area (Å²) in [5, 5.41) is 3.09. The minimum Gasteiger partial charge on any atom is -0.354 e. The summed E-state index contributed by atoms with van der Waals surface area (Å²) in [6, 6.07) is 17.8. The lowest BCUT2D eigenvalue weighted by molar-refractivity contribution is -0.140. The van der Waals surface area contributed by atoms with Gasteiger partial charge in [0.25, 0.3) is 10.0 Å². The molecule has 220 valence electrons. The van der Waals surface area contributed by atoms with Gasteiger partial charge in [-0.3, -0.25) is 13.9 Å². The van der Waals surface area contributed by atoms with E-state index >= 15 is 0 Å². The molecular formula is C31H37Cl2N3O4S. The van der Waals surface area contributed by atoms with Crippen LogP contribution in [0, 0.1) is 13.8 Å². The van der Waals surface area contributed by atoms with Crippen molar-refractivity contribution in [3.05, 3.63) is 93.5 Å². The summed E-state index contributed by atoms with van der Waals surface area (Å²) in [5.41, 5.74) is 2.77. The van der Waals surface area contributed by atoms with Crippen LogP contribution < -0.4 is 9.62 Å². The van der Waals surface area contributed by atoms with E-state index in [4.69, 9.17) is 23.2 Å². The smallest absolute Gasteiger partial charge is 0.264 e. The average Bonchev–Trinajstić information content (AvgIpc) is 2.94. The highest BCUT2D eigenvalue weighted by atomic mass is 35.5. The number of carbonyl (C=O) groups is 2. The first-order chi connectivity index (χ1) is 19.5. The van der Waals surface area contributed by atoms with Gasteiger partial charge in [0, 0.05) is 13.1 Å². The minimum atomic E-state index is -4.25. The summed E-state index contributed by atoms with van der Waals surface area (Å²) in [7, 11) is -4.25. The van der Waals surface area contributed by atoms with Gasteiger partial charge in [0.05, 0.1) is 20.6 Å². The van der Waals surface area contributed by atoms with E-state index in [0.717, 1.165) is 33.8 Å². The van der Waals surface area contributed by atoms with Crippen LogP contribution >= 0.6 is 23.2 Å². The zero-order valence-corrected chi connectivity index (χ0v) is 26.2. The topological polar surface area (TPSA) is 86.8 Å². The third-order valence-corrected chi connectivity index (χ3v) is 9.49. The number of amides is 2. The second kappa shape index (κ2) is 14.7. The van der Waals surface area contributed by atoms with Crippen LogP contribution in [0.5, 0.6) is 0 Å². The summed E-state index contributed by atoms with van der Waals surface area (Å²) >= 11 is 12.8. The third kappa shape index (κ3) is 8.03. The SMILES string of the molecule is CCCCNC(=O)C(CC)N(Cc1ccccc1C)C(=O)CN(c1cccc(Cl)c1Cl)S(=O)(=O)c1ccc(C)cc1. The zero-order chi connectivity index (χ0) is 30.2. The number of nitrogens with one attached hydrogen (secondary N) is 1. The van der Waals surface area contributed by atoms with Crippen LogP contribution in [0.3, 0.4) is 0 Å². The van der Waals surface area contributed by atoms with Gasteiger partial charge in [0.15, 0.2) is 0 Å². The van der Waals surface area contributed by atoms with Gasteiger partial charge in [-0.15, -0.1) is 0 Å². The van der Waals surface area contributed by atoms with Crippen molar-refractivity contribution in [3.63, 3.8) is 0 Å². The number of sulfonamides is 1. The third-order valence-electron chi connectivity index (χ3n) is 6.91. The highest BCUT2D eigenvalue weighted by Crippen LogP contribution is 2.35. The van der Waals surface area contributed by atoms with Crippen LogP contribution in [0.4, 0.5) is 5.69 Å². The molecule has 3 aromatic carbocycles. The first-order valence-electron chi connectivity index (χ1n) is 13.7. The molecule has 0 bridgehead atoms. The van der Waals surface area contributed by atoms with E-state index < -0.39 is 28.5 Å². The van der Waals surface area contributed by atoms with Gasteiger partial charge < -0.3 is 10.2 Å². The minimum absolute atomic E-state index is 0.00162. The van der Waals surface area contributed by atoms with Gasteiger partial charge >= 0.3 is 0 Å². The van der Waals surface area contributed by atoms with Crippen LogP contribution in [0.1, 0.15) is 49.8 Å². The van der Waals surface area contributed by atoms with E-state index in [1.165, 1.54) is 23.1 Å². The Labute approximate surface area is 253 Å². The van der Waals surface area contributed by atoms with Crippen LogP contribution in [-0.2, 0) is 26.2 Å². The van der Waals surface area contributed by atoms with Gasteiger partial charge in [-0.05, 0) is 62.1 Å². The van der Waals surface area contributed by atoms with Crippen molar-refractivity contribution in [2.24, 2.45) is 0 Å². The Bertz CT molecular complexity index is 1460. The number of nitrogens with zero attached hydrogens (tertiary/aromatic N) is 2. The van der Waals surface area contributed by atoms with E-state index in [1.54, 1.807) is 24.3 Å². The van der Waals surface area contributed by atoms with Gasteiger partial charge in [0.1, 0.15) is 12.6 Å². The summed E-state index contributed by atoms with van der Waals surface area (Å²) in [4.78, 5) is 28.9. The molecule has 1 atom stereocenters. The number of aryl methyl sites for hydroxylation is 2. The molecule has 0 spiro atoms. The second-order valence-corrected chi connectivity index (χ2v) is 12.6. The van der Waals surface area contributed by atoms with Crippen molar-refractivity contribution in [1.82, 2.24) is 10.2 Å². The number of hydrogen-bond acceptors (Lipinski definition) is 4. The molecule has 3 rings (SSSR count). The van der Waals surface area contributed by atoms with Crippen LogP contribution in [0.25, 0.3) is 0 Å². The average molecular weight is 619 g/mol. The molecule has 7 nitrogen and oxygen atoms in total. The number of halogens is 2. The number of rotatable bonds is 13. The van der Waals surface area contributed by atoms with Gasteiger partial charge in [0.2, 0.25) is 11.8 Å². The molecule has 0 aliphatic carbocycles. The molecule has 0 saturated carbocycles. The summed E-state index contributed by atoms with van der Waals surface area (Å²) in [6.07, 6.45) is 2.07. The number of benzene rings is 3. The number of carbonyl (C=O) groups excluding carboxylic acids is 2. The quantitative estimate of drug-likeness (QED) is 0.221. The Morgan fingerprint density at radius 1 is 0.927 bits per heavy atom. The van der Waals surface area contributed by atoms with Crippen molar-refractivity contribution in [1.29, 1.82) is 0 Å². The van der Waals surface area contributed by atoms with Crippen molar-refractivity contribution in [2.45, 2.75) is 64.4 Å². The number of unbranched alkanes of at least 4 members (excludes halogenated alkanes) is 1. The Morgan fingerprint density at radius 2 is 1.61 bits per heavy atom. The first kappa shape index (κ1) is 32.4. The molecule has 3 aromatic rings. The van der Waals surface area contributed by atoms with Crippen LogP contribution in [0.15, 0.2) is 71.6 Å². The standard InChI is InChI=1S/C31H37Cl2N3O4S/c1-5-7-19-34-31(38)27(6-2)35(20-24-12-9-8-11-23(24)4)29(37)21-36(28-14-10-13-26(32)30(28)33)41(39,40)25-17-15-22(3)16-18-25/h8-18,27H,5-7,19-21H2,1-4H3,(H,34,38). The monoisotopic (exact) mass is 617 g/mol. The van der Waals surface area contributed by atoms with Gasteiger partial charge in [-0.2, -0.15) is 0 Å². The normalized spacial score (nSPS) is 12.0. The Hall–Kier alpha value is -3.07. The lowest BCUT2D eigenvalue weighted by atomic mass is 10.1. The largest absolute Gasteiger partial charge is 0.354 e. The lowest BCUT2D eigenvalue weighted by Crippen LogP contribution is -2.52. The van der Waals surface area contributed by atoms with Crippen molar-refractivity contribution in [3.8, 4) is 0 Å². The van der Waals surface area contributed by atoms with E-state index in [1.807, 2.05) is 52.0 Å². The van der Waals surface area contributed by atoms with Crippen molar-refractivity contribution in [2.75, 3.05) is 17.4 Å². The molecule has 0 aromatic heterocycles. The fraction of sp³-hybridized carbons (Fsp3) is 0.355. The first-order valence-corrected chi connectivity index (χ1v) is 15.9. The molecule has 0 aliphatic rings. The van der Waals surface area contributed by atoms with E-state index in [2.05, 4.69) is 5.32 Å². The highest BCUT2D eigenvalue weighted by molar-refractivity contribution is 7.92. The second-order valence-electron chi connectivity index (χ2n) is 9.91. The predicted octanol–water partition coefficient (Wildman–Crippen LogP) is 6.53. The number of anilines is 1. The Morgan fingerprint density at radius 3 is 2.24 bits per heavy atom. The molecule has 2 amide bonds. The van der Waals surface area contributed by atoms with Crippen LogP contribution in [0.2, 0.25) is 10.0 Å². The molecule has 0 radical (unpaired) electrons. The van der Waals surface area contributed by atoms with E-state index in [-0.39, 0.29) is 33.1 Å². The molecule has 1 N–H and O–H groups in total. The molecule has 0 heterocycles. The van der Waals surface area contributed by atoms with Crippen molar-refractivity contribution < 1.29 is 18.0 Å².